The van der Waals surface area contributed by atoms with Crippen LogP contribution in [0.1, 0.15) is 18.1 Å². The van der Waals surface area contributed by atoms with Crippen molar-refractivity contribution >= 4 is 9.84 Å². The Morgan fingerprint density at radius 2 is 1.76 bits per heavy atom. The van der Waals surface area contributed by atoms with Crippen LogP contribution in [0.15, 0.2) is 69.7 Å². The molecular weight excluding hydrogens is 334 g/mol. The fraction of sp³-hybridized carbons (Fsp3) is 0.316. The third kappa shape index (κ3) is 3.08. The molecule has 25 heavy (non-hydrogen) atoms. The van der Waals surface area contributed by atoms with E-state index in [0.717, 1.165) is 11.1 Å². The maximum atomic E-state index is 13.2. The van der Waals surface area contributed by atoms with E-state index in [0.29, 0.717) is 0 Å². The molecule has 0 unspecified atom stereocenters. The van der Waals surface area contributed by atoms with Crippen LogP contribution in [0.2, 0.25) is 0 Å². The third-order valence-corrected chi connectivity index (χ3v) is 6.90. The summed E-state index contributed by atoms with van der Waals surface area (Å²) in [6.07, 6.45) is 0.216. The van der Waals surface area contributed by atoms with Crippen molar-refractivity contribution in [3.63, 3.8) is 0 Å². The monoisotopic (exact) mass is 353 g/mol. The molecule has 2 aromatic rings. The number of benzene rings is 2. The topological polar surface area (TPSA) is 82.7 Å². The average molecular weight is 353 g/mol. The molecule has 2 aromatic carbocycles. The van der Waals surface area contributed by atoms with Gasteiger partial charge in [-0.05, 0) is 31.5 Å². The maximum Gasteiger partial charge on any atom is 0.190 e. The molecule has 0 N–H and O–H groups in total. The zero-order chi connectivity index (χ0) is 18.1. The summed E-state index contributed by atoms with van der Waals surface area (Å²) in [4.78, 5) is 0.204. The van der Waals surface area contributed by atoms with E-state index in [9.17, 15) is 13.7 Å². The van der Waals surface area contributed by atoms with Crippen LogP contribution in [0.25, 0.3) is 0 Å². The Morgan fingerprint density at radius 1 is 1.12 bits per heavy atom. The highest BCUT2D eigenvalue weighted by Crippen LogP contribution is 2.38. The van der Waals surface area contributed by atoms with Crippen molar-refractivity contribution in [2.24, 2.45) is 10.2 Å². The highest BCUT2D eigenvalue weighted by Gasteiger charge is 2.54. The molecule has 0 aromatic heterocycles. The molecule has 0 fully saturated rings. The van der Waals surface area contributed by atoms with Gasteiger partial charge in [0, 0.05) is 6.42 Å². The molecule has 0 aliphatic carbocycles. The van der Waals surface area contributed by atoms with Crippen LogP contribution in [-0.4, -0.2) is 25.2 Å². The van der Waals surface area contributed by atoms with Crippen molar-refractivity contribution in [3.05, 3.63) is 65.7 Å². The Bertz CT molecular complexity index is 931. The molecular formula is C19H19N3O2S. The number of nitrogens with zero attached hydrogens (tertiary/aromatic N) is 3. The molecule has 0 bridgehead atoms. The first-order valence-corrected chi connectivity index (χ1v) is 9.61. The maximum absolute atomic E-state index is 13.2. The van der Waals surface area contributed by atoms with Gasteiger partial charge < -0.3 is 0 Å². The molecule has 6 heteroatoms. The molecule has 128 valence electrons. The largest absolute Gasteiger partial charge is 0.223 e. The quantitative estimate of drug-likeness (QED) is 0.843. The number of sulfone groups is 1. The molecule has 0 amide bonds. The lowest BCUT2D eigenvalue weighted by molar-refractivity contribution is 0.494. The van der Waals surface area contributed by atoms with Gasteiger partial charge in [0.25, 0.3) is 0 Å². The van der Waals surface area contributed by atoms with Crippen molar-refractivity contribution in [1.29, 1.82) is 5.26 Å². The highest BCUT2D eigenvalue weighted by atomic mass is 32.2. The summed E-state index contributed by atoms with van der Waals surface area (Å²) in [5.41, 5.74) is 0.426. The lowest BCUT2D eigenvalue weighted by atomic mass is 9.88. The van der Waals surface area contributed by atoms with E-state index in [4.69, 9.17) is 0 Å². The molecule has 3 rings (SSSR count). The van der Waals surface area contributed by atoms with E-state index < -0.39 is 26.7 Å². The van der Waals surface area contributed by atoms with Gasteiger partial charge in [0.1, 0.15) is 5.25 Å². The fourth-order valence-electron chi connectivity index (χ4n) is 3.27. The number of aryl methyl sites for hydroxylation is 1. The number of nitriles is 1. The summed E-state index contributed by atoms with van der Waals surface area (Å²) in [7, 11) is -3.75. The second-order valence-electron chi connectivity index (χ2n) is 6.43. The summed E-state index contributed by atoms with van der Waals surface area (Å²) >= 11 is 0. The van der Waals surface area contributed by atoms with Gasteiger partial charge in [-0.25, -0.2) is 8.42 Å². The Labute approximate surface area is 148 Å². The molecule has 3 atom stereocenters. The Morgan fingerprint density at radius 3 is 2.36 bits per heavy atom. The average Bonchev–Trinajstić information content (AvgIpc) is 2.93. The Kier molecular flexibility index (Phi) is 4.44. The van der Waals surface area contributed by atoms with Gasteiger partial charge >= 0.3 is 0 Å². The SMILES string of the molecule is Cc1ccc(S(=O)(=O)[C@H]2[C@H](C)N=N[C@]2(C#N)Cc2ccccc2)cc1. The van der Waals surface area contributed by atoms with Gasteiger partial charge in [0.05, 0.1) is 17.0 Å². The number of hydrogen-bond acceptors (Lipinski definition) is 5. The van der Waals surface area contributed by atoms with Crippen LogP contribution in [0.4, 0.5) is 0 Å². The second kappa shape index (κ2) is 6.41. The molecule has 5 nitrogen and oxygen atoms in total. The van der Waals surface area contributed by atoms with E-state index in [1.807, 2.05) is 37.3 Å². The summed E-state index contributed by atoms with van der Waals surface area (Å²) in [6, 6.07) is 17.6. The first-order chi connectivity index (χ1) is 11.9. The second-order valence-corrected chi connectivity index (χ2v) is 8.50. The summed E-state index contributed by atoms with van der Waals surface area (Å²) in [6.45, 7) is 3.60. The van der Waals surface area contributed by atoms with Crippen molar-refractivity contribution in [1.82, 2.24) is 0 Å². The van der Waals surface area contributed by atoms with Gasteiger partial charge in [-0.15, -0.1) is 0 Å². The molecule has 1 aliphatic heterocycles. The number of rotatable bonds is 4. The van der Waals surface area contributed by atoms with Gasteiger partial charge in [0.2, 0.25) is 0 Å². The van der Waals surface area contributed by atoms with Gasteiger partial charge in [-0.3, -0.25) is 0 Å². The minimum absolute atomic E-state index is 0.204. The summed E-state index contributed by atoms with van der Waals surface area (Å²) < 4.78 is 26.5. The van der Waals surface area contributed by atoms with E-state index in [-0.39, 0.29) is 11.3 Å². The zero-order valence-corrected chi connectivity index (χ0v) is 14.9. The van der Waals surface area contributed by atoms with Gasteiger partial charge in [-0.1, -0.05) is 48.0 Å². The van der Waals surface area contributed by atoms with Crippen LogP contribution >= 0.6 is 0 Å². The van der Waals surface area contributed by atoms with E-state index in [1.54, 1.807) is 31.2 Å². The molecule has 0 saturated carbocycles. The van der Waals surface area contributed by atoms with Crippen LogP contribution in [0.3, 0.4) is 0 Å². The van der Waals surface area contributed by atoms with Gasteiger partial charge in [-0.2, -0.15) is 15.5 Å². The lowest BCUT2D eigenvalue weighted by Gasteiger charge is -2.27. The first-order valence-electron chi connectivity index (χ1n) is 8.07. The molecule has 0 radical (unpaired) electrons. The number of azo groups is 1. The van der Waals surface area contributed by atoms with Crippen molar-refractivity contribution < 1.29 is 8.42 Å². The van der Waals surface area contributed by atoms with Crippen LogP contribution in [0, 0.1) is 18.3 Å². The Hall–Kier alpha value is -2.52. The van der Waals surface area contributed by atoms with Gasteiger partial charge in [0.15, 0.2) is 15.4 Å². The molecule has 1 aliphatic rings. The van der Waals surface area contributed by atoms with E-state index in [2.05, 4.69) is 16.3 Å². The van der Waals surface area contributed by atoms with E-state index >= 15 is 0 Å². The summed E-state index contributed by atoms with van der Waals surface area (Å²) in [5.74, 6) is 0. The minimum Gasteiger partial charge on any atom is -0.223 e. The molecule has 1 heterocycles. The molecule has 0 saturated heterocycles. The minimum atomic E-state index is -3.75. The third-order valence-electron chi connectivity index (χ3n) is 4.52. The van der Waals surface area contributed by atoms with Crippen molar-refractivity contribution in [3.8, 4) is 6.07 Å². The number of hydrogen-bond donors (Lipinski definition) is 0. The van der Waals surface area contributed by atoms with Crippen LogP contribution in [-0.2, 0) is 16.3 Å². The highest BCUT2D eigenvalue weighted by molar-refractivity contribution is 7.92. The smallest absolute Gasteiger partial charge is 0.190 e. The van der Waals surface area contributed by atoms with Crippen molar-refractivity contribution in [2.45, 2.75) is 42.0 Å². The zero-order valence-electron chi connectivity index (χ0n) is 14.1. The van der Waals surface area contributed by atoms with Crippen molar-refractivity contribution in [2.75, 3.05) is 0 Å². The normalized spacial score (nSPS) is 25.6. The Balaban J connectivity index is 2.06. The lowest BCUT2D eigenvalue weighted by Crippen LogP contribution is -2.47. The standard InChI is InChI=1S/C19H19N3O2S/c1-14-8-10-17(11-9-14)25(23,24)18-15(2)21-22-19(18,13-20)12-16-6-4-3-5-7-16/h3-11,15,18H,12H2,1-2H3/t15-,18-,19-/m0/s1. The fourth-order valence-corrected chi connectivity index (χ4v) is 5.35. The molecule has 0 spiro atoms. The first kappa shape index (κ1) is 17.3. The van der Waals surface area contributed by atoms with Crippen LogP contribution in [0.5, 0.6) is 0 Å². The van der Waals surface area contributed by atoms with E-state index in [1.165, 1.54) is 0 Å². The predicted molar refractivity (Wildman–Crippen MR) is 95.0 cm³/mol. The summed E-state index contributed by atoms with van der Waals surface area (Å²) in [5, 5.41) is 17.1. The van der Waals surface area contributed by atoms with Crippen LogP contribution < -0.4 is 0 Å². The predicted octanol–water partition coefficient (Wildman–Crippen LogP) is 3.50.